The maximum absolute atomic E-state index is 5.28. The van der Waals surface area contributed by atoms with Crippen LogP contribution < -0.4 is 0 Å². The minimum atomic E-state index is 0.980. The van der Waals surface area contributed by atoms with E-state index in [0.717, 1.165) is 48.1 Å². The van der Waals surface area contributed by atoms with Gasteiger partial charge in [0.1, 0.15) is 0 Å². The first-order valence-electron chi connectivity index (χ1n) is 16.9. The van der Waals surface area contributed by atoms with Crippen molar-refractivity contribution in [2.75, 3.05) is 0 Å². The highest BCUT2D eigenvalue weighted by atomic mass is 14.7. The molecule has 8 rings (SSSR count). The van der Waals surface area contributed by atoms with Gasteiger partial charge in [0.2, 0.25) is 0 Å². The Hall–Kier alpha value is -5.34. The number of rotatable bonds is 5. The van der Waals surface area contributed by atoms with E-state index in [1.807, 2.05) is 13.1 Å². The van der Waals surface area contributed by atoms with E-state index in [2.05, 4.69) is 134 Å². The molecule has 0 saturated carbocycles. The van der Waals surface area contributed by atoms with E-state index >= 15 is 0 Å². The van der Waals surface area contributed by atoms with Gasteiger partial charge in [-0.1, -0.05) is 103 Å². The number of aliphatic imine (C=N–C) groups is 1. The average Bonchev–Trinajstić information content (AvgIpc) is 3.37. The van der Waals surface area contributed by atoms with Gasteiger partial charge in [-0.15, -0.1) is 0 Å². The van der Waals surface area contributed by atoms with Crippen molar-refractivity contribution in [2.45, 2.75) is 46.0 Å². The molecule has 47 heavy (non-hydrogen) atoms. The summed E-state index contributed by atoms with van der Waals surface area (Å²) in [6.07, 6.45) is 16.7. The largest absolute Gasteiger partial charge is 0.261 e. The topological polar surface area (TPSA) is 25.2 Å². The summed E-state index contributed by atoms with van der Waals surface area (Å²) in [5.74, 6) is 0. The number of benzene rings is 5. The lowest BCUT2D eigenvalue weighted by Crippen LogP contribution is -1.98. The number of allylic oxidation sites excluding steroid dienone is 5. The summed E-state index contributed by atoms with van der Waals surface area (Å²) < 4.78 is 0. The molecule has 2 aliphatic rings. The first kappa shape index (κ1) is 29.1. The average molecular weight is 607 g/mol. The van der Waals surface area contributed by atoms with Crippen molar-refractivity contribution in [3.05, 3.63) is 149 Å². The fourth-order valence-electron chi connectivity index (χ4n) is 7.25. The Morgan fingerprint density at radius 1 is 0.723 bits per heavy atom. The Kier molecular flexibility index (Phi) is 7.71. The fourth-order valence-corrected chi connectivity index (χ4v) is 7.25. The third-order valence-corrected chi connectivity index (χ3v) is 9.71. The molecule has 1 heterocycles. The molecule has 2 aliphatic carbocycles. The van der Waals surface area contributed by atoms with Crippen LogP contribution in [-0.4, -0.2) is 11.2 Å². The van der Waals surface area contributed by atoms with Gasteiger partial charge >= 0.3 is 0 Å². The molecule has 0 unspecified atom stereocenters. The molecular weight excluding hydrogens is 569 g/mol. The van der Waals surface area contributed by atoms with Gasteiger partial charge in [0.05, 0.1) is 16.9 Å². The van der Waals surface area contributed by atoms with E-state index < -0.39 is 0 Å². The Bertz CT molecular complexity index is 2300. The second kappa shape index (κ2) is 12.5. The lowest BCUT2D eigenvalue weighted by atomic mass is 9.87. The standard InChI is InChI=1S/C45H38N2/c1-3-46-45-30(2)11-9-18-40(45)37-16-10-17-38(27-37)41-29-44(39-22-20-32-13-7-8-15-34(32)26-39)47-43-24-23-36(28-42(41)43)35-21-19-31-12-5-4-6-14-33(31)25-35/h3,5,7-9,11-13,15-16,18-29H,4,6,10,14,17H2,1-2H3. The highest BCUT2D eigenvalue weighted by Crippen LogP contribution is 2.40. The van der Waals surface area contributed by atoms with Crippen LogP contribution in [0.1, 0.15) is 60.4 Å². The van der Waals surface area contributed by atoms with Gasteiger partial charge in [-0.25, -0.2) is 4.98 Å². The number of nitrogens with zero attached hydrogens (tertiary/aromatic N) is 2. The van der Waals surface area contributed by atoms with Crippen LogP contribution in [0.5, 0.6) is 0 Å². The molecule has 0 aliphatic heterocycles. The summed E-state index contributed by atoms with van der Waals surface area (Å²) in [5, 5.41) is 3.67. The van der Waals surface area contributed by atoms with Crippen LogP contribution in [0.25, 0.3) is 61.3 Å². The van der Waals surface area contributed by atoms with Crippen LogP contribution in [0, 0.1) is 6.92 Å². The Balaban J connectivity index is 1.30. The van der Waals surface area contributed by atoms with E-state index in [1.165, 1.54) is 72.7 Å². The summed E-state index contributed by atoms with van der Waals surface area (Å²) in [7, 11) is 0. The molecule has 0 radical (unpaired) electrons. The van der Waals surface area contributed by atoms with Crippen molar-refractivity contribution >= 4 is 50.8 Å². The normalized spacial score (nSPS) is 14.7. The van der Waals surface area contributed by atoms with Crippen molar-refractivity contribution in [1.29, 1.82) is 0 Å². The fraction of sp³-hybridized carbons (Fsp3) is 0.156. The number of hydrogen-bond donors (Lipinski definition) is 0. The number of para-hydroxylation sites is 1. The van der Waals surface area contributed by atoms with Crippen LogP contribution in [0.2, 0.25) is 0 Å². The number of hydrogen-bond acceptors (Lipinski definition) is 2. The second-order valence-electron chi connectivity index (χ2n) is 12.8. The molecule has 0 fully saturated rings. The number of fused-ring (bicyclic) bond motifs is 3. The van der Waals surface area contributed by atoms with Gasteiger partial charge in [-0.2, -0.15) is 0 Å². The van der Waals surface area contributed by atoms with Gasteiger partial charge in [0.15, 0.2) is 0 Å². The minimum absolute atomic E-state index is 0.980. The summed E-state index contributed by atoms with van der Waals surface area (Å²) >= 11 is 0. The monoisotopic (exact) mass is 606 g/mol. The summed E-state index contributed by atoms with van der Waals surface area (Å²) in [5.41, 5.74) is 15.7. The van der Waals surface area contributed by atoms with Crippen molar-refractivity contribution < 1.29 is 0 Å². The predicted octanol–water partition coefficient (Wildman–Crippen LogP) is 12.4. The molecule has 0 spiro atoms. The number of aryl methyl sites for hydroxylation is 2. The highest BCUT2D eigenvalue weighted by molar-refractivity contribution is 6.00. The molecule has 0 bridgehead atoms. The quantitative estimate of drug-likeness (QED) is 0.179. The van der Waals surface area contributed by atoms with Crippen LogP contribution in [0.4, 0.5) is 5.69 Å². The van der Waals surface area contributed by atoms with Crippen LogP contribution in [0.15, 0.2) is 126 Å². The van der Waals surface area contributed by atoms with E-state index in [9.17, 15) is 0 Å². The van der Waals surface area contributed by atoms with E-state index in [0.29, 0.717) is 0 Å². The smallest absolute Gasteiger partial charge is 0.0732 e. The number of aromatic nitrogens is 1. The van der Waals surface area contributed by atoms with Crippen molar-refractivity contribution in [1.82, 2.24) is 4.98 Å². The van der Waals surface area contributed by atoms with Gasteiger partial charge in [-0.05, 0) is 126 Å². The van der Waals surface area contributed by atoms with Crippen LogP contribution in [-0.2, 0) is 6.42 Å². The zero-order valence-electron chi connectivity index (χ0n) is 27.1. The van der Waals surface area contributed by atoms with E-state index in [4.69, 9.17) is 9.98 Å². The van der Waals surface area contributed by atoms with Gasteiger partial charge in [0.25, 0.3) is 0 Å². The first-order chi connectivity index (χ1) is 23.1. The van der Waals surface area contributed by atoms with E-state index in [-0.39, 0.29) is 0 Å². The first-order valence-corrected chi connectivity index (χ1v) is 16.9. The minimum Gasteiger partial charge on any atom is -0.261 e. The summed E-state index contributed by atoms with van der Waals surface area (Å²) in [4.78, 5) is 10.1. The highest BCUT2D eigenvalue weighted by Gasteiger charge is 2.18. The van der Waals surface area contributed by atoms with Crippen LogP contribution >= 0.6 is 0 Å². The predicted molar refractivity (Wildman–Crippen MR) is 202 cm³/mol. The Morgan fingerprint density at radius 2 is 1.57 bits per heavy atom. The molecule has 1 aromatic heterocycles. The molecular formula is C45H38N2. The SMILES string of the molecule is CC=Nc1c(C)cccc1C1=CCCC(c2cc(-c3ccc4ccccc4c3)nc3ccc(-c4ccc5c(c4)CCCC=C5)cc23)=C1. The number of pyridine rings is 1. The summed E-state index contributed by atoms with van der Waals surface area (Å²) in [6.45, 7) is 4.13. The molecule has 6 aromatic rings. The molecule has 2 nitrogen and oxygen atoms in total. The molecule has 0 atom stereocenters. The Labute approximate surface area is 277 Å². The van der Waals surface area contributed by atoms with Gasteiger partial charge in [-0.3, -0.25) is 4.99 Å². The van der Waals surface area contributed by atoms with Gasteiger partial charge in [0, 0.05) is 22.7 Å². The van der Waals surface area contributed by atoms with E-state index in [1.54, 1.807) is 0 Å². The molecule has 5 aromatic carbocycles. The molecule has 228 valence electrons. The molecule has 0 amide bonds. The van der Waals surface area contributed by atoms with Crippen molar-refractivity contribution in [3.8, 4) is 22.4 Å². The lowest BCUT2D eigenvalue weighted by molar-refractivity contribution is 0.852. The Morgan fingerprint density at radius 3 is 2.49 bits per heavy atom. The maximum atomic E-state index is 5.28. The third kappa shape index (κ3) is 5.66. The summed E-state index contributed by atoms with van der Waals surface area (Å²) in [6, 6.07) is 37.9. The zero-order chi connectivity index (χ0) is 31.7. The van der Waals surface area contributed by atoms with Gasteiger partial charge < -0.3 is 0 Å². The molecule has 0 saturated heterocycles. The lowest BCUT2D eigenvalue weighted by Gasteiger charge is -2.19. The zero-order valence-corrected chi connectivity index (χ0v) is 27.1. The molecule has 0 N–H and O–H groups in total. The van der Waals surface area contributed by atoms with Crippen molar-refractivity contribution in [3.63, 3.8) is 0 Å². The third-order valence-electron chi connectivity index (χ3n) is 9.71. The molecule has 2 heteroatoms. The van der Waals surface area contributed by atoms with Crippen molar-refractivity contribution in [2.24, 2.45) is 4.99 Å². The maximum Gasteiger partial charge on any atom is 0.0732 e. The van der Waals surface area contributed by atoms with Crippen LogP contribution in [0.3, 0.4) is 0 Å². The second-order valence-corrected chi connectivity index (χ2v) is 12.8.